The molecule has 0 unspecified atom stereocenters. The Kier molecular flexibility index (Phi) is 4.15. The second-order valence-electron chi connectivity index (χ2n) is 6.55. The highest BCUT2D eigenvalue weighted by molar-refractivity contribution is 5.72. The quantitative estimate of drug-likeness (QED) is 0.896. The van der Waals surface area contributed by atoms with Crippen LogP contribution in [0.2, 0.25) is 0 Å². The Morgan fingerprint density at radius 3 is 2.57 bits per heavy atom. The van der Waals surface area contributed by atoms with Crippen LogP contribution in [0.1, 0.15) is 42.7 Å². The number of aryl methyl sites for hydroxylation is 1. The minimum atomic E-state index is -0.281. The van der Waals surface area contributed by atoms with E-state index in [0.29, 0.717) is 18.0 Å². The van der Waals surface area contributed by atoms with Crippen LogP contribution in [0, 0.1) is 6.92 Å². The minimum absolute atomic E-state index is 0.281. The van der Waals surface area contributed by atoms with Crippen LogP contribution in [-0.4, -0.2) is 36.1 Å². The number of likely N-dealkylation sites (tertiary alicyclic amines) is 1. The molecule has 0 bridgehead atoms. The van der Waals surface area contributed by atoms with E-state index in [-0.39, 0.29) is 6.03 Å². The fraction of sp³-hybridized carbons (Fsp3) is 0.588. The van der Waals surface area contributed by atoms with Crippen molar-refractivity contribution in [3.63, 3.8) is 0 Å². The molecule has 0 radical (unpaired) electrons. The van der Waals surface area contributed by atoms with E-state index in [2.05, 4.69) is 36.5 Å². The molecule has 3 N–H and O–H groups in total. The van der Waals surface area contributed by atoms with Gasteiger partial charge < -0.3 is 16.0 Å². The summed E-state index contributed by atoms with van der Waals surface area (Å²) in [6.45, 7) is 3.74. The Labute approximate surface area is 126 Å². The first kappa shape index (κ1) is 14.4. The van der Waals surface area contributed by atoms with Gasteiger partial charge in [0.05, 0.1) is 0 Å². The standard InChI is InChI=1S/C17H25N3O/c1-12-3-2-4-13(9-12)14-10-16(11-14)19-15-5-7-20(8-6-15)17(18)21/h2-4,9,14-16,19H,5-8,10-11H2,1H3,(H2,18,21). The third kappa shape index (κ3) is 3.38. The van der Waals surface area contributed by atoms with Crippen molar-refractivity contribution in [1.29, 1.82) is 0 Å². The molecule has 1 heterocycles. The van der Waals surface area contributed by atoms with E-state index in [1.807, 2.05) is 0 Å². The number of benzene rings is 1. The van der Waals surface area contributed by atoms with Gasteiger partial charge in [0.2, 0.25) is 0 Å². The van der Waals surface area contributed by atoms with E-state index < -0.39 is 0 Å². The molecule has 1 aliphatic carbocycles. The molecule has 4 nitrogen and oxygen atoms in total. The number of amides is 2. The van der Waals surface area contributed by atoms with Gasteiger partial charge >= 0.3 is 6.03 Å². The van der Waals surface area contributed by atoms with Gasteiger partial charge in [-0.2, -0.15) is 0 Å². The maximum Gasteiger partial charge on any atom is 0.314 e. The lowest BCUT2D eigenvalue weighted by Crippen LogP contribution is -2.51. The first-order valence-corrected chi connectivity index (χ1v) is 7.99. The fourth-order valence-corrected chi connectivity index (χ4v) is 3.55. The molecule has 1 aliphatic heterocycles. The molecule has 4 heteroatoms. The van der Waals surface area contributed by atoms with Crippen LogP contribution in [0.3, 0.4) is 0 Å². The highest BCUT2D eigenvalue weighted by Gasteiger charge is 2.32. The maximum atomic E-state index is 11.1. The number of piperidine rings is 1. The third-order valence-electron chi connectivity index (χ3n) is 4.93. The van der Waals surface area contributed by atoms with E-state index in [9.17, 15) is 4.79 Å². The second kappa shape index (κ2) is 6.06. The molecule has 1 aromatic rings. The van der Waals surface area contributed by atoms with E-state index in [0.717, 1.165) is 25.9 Å². The van der Waals surface area contributed by atoms with Gasteiger partial charge in [-0.1, -0.05) is 29.8 Å². The number of nitrogens with one attached hydrogen (secondary N) is 1. The molecule has 0 spiro atoms. The normalized spacial score (nSPS) is 26.4. The molecule has 0 atom stereocenters. The smallest absolute Gasteiger partial charge is 0.314 e. The van der Waals surface area contributed by atoms with E-state index >= 15 is 0 Å². The summed E-state index contributed by atoms with van der Waals surface area (Å²) in [7, 11) is 0. The van der Waals surface area contributed by atoms with Crippen molar-refractivity contribution in [3.8, 4) is 0 Å². The Morgan fingerprint density at radius 2 is 1.95 bits per heavy atom. The third-order valence-corrected chi connectivity index (χ3v) is 4.93. The van der Waals surface area contributed by atoms with Crippen molar-refractivity contribution >= 4 is 6.03 Å². The SMILES string of the molecule is Cc1cccc(C2CC(NC3CCN(C(N)=O)CC3)C2)c1. The predicted molar refractivity (Wildman–Crippen MR) is 84.3 cm³/mol. The summed E-state index contributed by atoms with van der Waals surface area (Å²) < 4.78 is 0. The number of carbonyl (C=O) groups is 1. The van der Waals surface area contributed by atoms with Crippen molar-refractivity contribution in [2.45, 2.75) is 50.6 Å². The number of urea groups is 1. The van der Waals surface area contributed by atoms with Crippen LogP contribution in [0.25, 0.3) is 0 Å². The van der Waals surface area contributed by atoms with Crippen LogP contribution >= 0.6 is 0 Å². The van der Waals surface area contributed by atoms with E-state index in [1.54, 1.807) is 4.90 Å². The summed E-state index contributed by atoms with van der Waals surface area (Å²) in [4.78, 5) is 12.9. The average Bonchev–Trinajstić information content (AvgIpc) is 2.43. The first-order chi connectivity index (χ1) is 10.1. The summed E-state index contributed by atoms with van der Waals surface area (Å²) >= 11 is 0. The lowest BCUT2D eigenvalue weighted by molar-refractivity contribution is 0.172. The van der Waals surface area contributed by atoms with Crippen molar-refractivity contribution in [2.24, 2.45) is 5.73 Å². The molecule has 1 saturated heterocycles. The summed E-state index contributed by atoms with van der Waals surface area (Å²) in [5, 5.41) is 3.75. The summed E-state index contributed by atoms with van der Waals surface area (Å²) in [5.74, 6) is 0.716. The van der Waals surface area contributed by atoms with Crippen LogP contribution in [-0.2, 0) is 0 Å². The molecule has 3 rings (SSSR count). The molecule has 1 saturated carbocycles. The average molecular weight is 287 g/mol. The van der Waals surface area contributed by atoms with Crippen LogP contribution in [0.5, 0.6) is 0 Å². The van der Waals surface area contributed by atoms with E-state index in [1.165, 1.54) is 24.0 Å². The van der Waals surface area contributed by atoms with Gasteiger partial charge in [0.25, 0.3) is 0 Å². The zero-order chi connectivity index (χ0) is 14.8. The van der Waals surface area contributed by atoms with Gasteiger partial charge in [0.15, 0.2) is 0 Å². The molecular weight excluding hydrogens is 262 g/mol. The monoisotopic (exact) mass is 287 g/mol. The van der Waals surface area contributed by atoms with Gasteiger partial charge in [0.1, 0.15) is 0 Å². The first-order valence-electron chi connectivity index (χ1n) is 7.99. The van der Waals surface area contributed by atoms with Crippen LogP contribution < -0.4 is 11.1 Å². The van der Waals surface area contributed by atoms with Crippen molar-refractivity contribution in [2.75, 3.05) is 13.1 Å². The predicted octanol–water partition coefficient (Wildman–Crippen LogP) is 2.37. The molecule has 2 amide bonds. The van der Waals surface area contributed by atoms with Gasteiger partial charge in [0, 0.05) is 25.2 Å². The lowest BCUT2D eigenvalue weighted by atomic mass is 9.75. The summed E-state index contributed by atoms with van der Waals surface area (Å²) in [6, 6.07) is 9.78. The summed E-state index contributed by atoms with van der Waals surface area (Å²) in [5.41, 5.74) is 8.15. The number of hydrogen-bond acceptors (Lipinski definition) is 2. The maximum absolute atomic E-state index is 11.1. The Morgan fingerprint density at radius 1 is 1.24 bits per heavy atom. The lowest BCUT2D eigenvalue weighted by Gasteiger charge is -2.41. The Hall–Kier alpha value is -1.55. The van der Waals surface area contributed by atoms with Crippen molar-refractivity contribution in [1.82, 2.24) is 10.2 Å². The fourth-order valence-electron chi connectivity index (χ4n) is 3.55. The van der Waals surface area contributed by atoms with E-state index in [4.69, 9.17) is 5.73 Å². The number of rotatable bonds is 3. The van der Waals surface area contributed by atoms with Gasteiger partial charge in [-0.3, -0.25) is 0 Å². The number of carbonyl (C=O) groups excluding carboxylic acids is 1. The number of nitrogens with zero attached hydrogens (tertiary/aromatic N) is 1. The van der Waals surface area contributed by atoms with Gasteiger partial charge in [-0.05, 0) is 44.1 Å². The van der Waals surface area contributed by atoms with Crippen molar-refractivity contribution < 1.29 is 4.79 Å². The Balaban J connectivity index is 1.42. The second-order valence-corrected chi connectivity index (χ2v) is 6.55. The van der Waals surface area contributed by atoms with Gasteiger partial charge in [-0.15, -0.1) is 0 Å². The molecule has 2 fully saturated rings. The molecule has 1 aromatic carbocycles. The summed E-state index contributed by atoms with van der Waals surface area (Å²) in [6.07, 6.45) is 4.52. The van der Waals surface area contributed by atoms with Crippen LogP contribution in [0.15, 0.2) is 24.3 Å². The number of primary amides is 1. The van der Waals surface area contributed by atoms with Gasteiger partial charge in [-0.25, -0.2) is 4.79 Å². The zero-order valence-corrected chi connectivity index (χ0v) is 12.7. The highest BCUT2D eigenvalue weighted by Crippen LogP contribution is 2.37. The molecule has 0 aromatic heterocycles. The zero-order valence-electron chi connectivity index (χ0n) is 12.7. The highest BCUT2D eigenvalue weighted by atomic mass is 16.2. The molecule has 21 heavy (non-hydrogen) atoms. The molecule has 114 valence electrons. The number of hydrogen-bond donors (Lipinski definition) is 2. The minimum Gasteiger partial charge on any atom is -0.351 e. The Bertz CT molecular complexity index is 503. The van der Waals surface area contributed by atoms with Crippen molar-refractivity contribution in [3.05, 3.63) is 35.4 Å². The number of nitrogens with two attached hydrogens (primary N) is 1. The molecular formula is C17H25N3O. The van der Waals surface area contributed by atoms with Crippen LogP contribution in [0.4, 0.5) is 4.79 Å². The topological polar surface area (TPSA) is 58.4 Å². The molecule has 2 aliphatic rings. The largest absolute Gasteiger partial charge is 0.351 e.